The van der Waals surface area contributed by atoms with Gasteiger partial charge >= 0.3 is 0 Å². The van der Waals surface area contributed by atoms with Gasteiger partial charge < -0.3 is 20.0 Å². The molecule has 1 saturated heterocycles. The highest BCUT2D eigenvalue weighted by molar-refractivity contribution is 7.14. The number of amides is 2. The largest absolute Gasteiger partial charge is 0.467 e. The molecule has 2 amide bonds. The summed E-state index contributed by atoms with van der Waals surface area (Å²) in [6.45, 7) is 0.809. The molecule has 1 aromatic carbocycles. The van der Waals surface area contributed by atoms with Crippen molar-refractivity contribution in [1.82, 2.24) is 15.2 Å². The van der Waals surface area contributed by atoms with Crippen molar-refractivity contribution in [2.75, 3.05) is 11.9 Å². The van der Waals surface area contributed by atoms with E-state index in [1.807, 2.05) is 0 Å². The van der Waals surface area contributed by atoms with Crippen LogP contribution in [0.1, 0.15) is 29.1 Å². The zero-order chi connectivity index (χ0) is 21.1. The Morgan fingerprint density at radius 2 is 2.13 bits per heavy atom. The number of anilines is 2. The lowest BCUT2D eigenvalue weighted by molar-refractivity contribution is -0.125. The van der Waals surface area contributed by atoms with Crippen LogP contribution in [0.2, 0.25) is 10.0 Å². The predicted molar refractivity (Wildman–Crippen MR) is 116 cm³/mol. The van der Waals surface area contributed by atoms with E-state index in [0.29, 0.717) is 51.8 Å². The standard InChI is InChI=1S/C20H18Cl2N4O3S/c21-14-6-5-12(9-15(14)22)24-20-25-16(11-30-20)19(28)26-7-1-4-17(26)18(27)23-10-13-3-2-8-29-13/h2-3,5-6,8-9,11,17H,1,4,7,10H2,(H,23,27)(H,24,25). The Morgan fingerprint density at radius 3 is 2.90 bits per heavy atom. The van der Waals surface area contributed by atoms with Crippen molar-refractivity contribution in [3.05, 3.63) is 63.5 Å². The quantitative estimate of drug-likeness (QED) is 0.551. The molecule has 3 aromatic rings. The van der Waals surface area contributed by atoms with Gasteiger partial charge in [0.25, 0.3) is 5.91 Å². The molecular weight excluding hydrogens is 447 g/mol. The molecule has 10 heteroatoms. The minimum absolute atomic E-state index is 0.193. The lowest BCUT2D eigenvalue weighted by Gasteiger charge is -2.23. The van der Waals surface area contributed by atoms with Gasteiger partial charge in [0.2, 0.25) is 5.91 Å². The van der Waals surface area contributed by atoms with Crippen molar-refractivity contribution in [2.45, 2.75) is 25.4 Å². The molecule has 30 heavy (non-hydrogen) atoms. The van der Waals surface area contributed by atoms with E-state index in [1.165, 1.54) is 11.3 Å². The van der Waals surface area contributed by atoms with Crippen LogP contribution >= 0.6 is 34.5 Å². The molecule has 156 valence electrons. The second-order valence-electron chi connectivity index (χ2n) is 6.75. The lowest BCUT2D eigenvalue weighted by atomic mass is 10.2. The van der Waals surface area contributed by atoms with Crippen molar-refractivity contribution in [3.8, 4) is 0 Å². The normalized spacial score (nSPS) is 15.9. The first-order valence-corrected chi connectivity index (χ1v) is 10.9. The molecule has 0 bridgehead atoms. The molecule has 0 aliphatic carbocycles. The number of carbonyl (C=O) groups excluding carboxylic acids is 2. The van der Waals surface area contributed by atoms with Crippen molar-refractivity contribution >= 4 is 57.2 Å². The number of furan rings is 1. The van der Waals surface area contributed by atoms with Crippen LogP contribution in [-0.4, -0.2) is 34.3 Å². The van der Waals surface area contributed by atoms with Gasteiger partial charge in [0.1, 0.15) is 17.5 Å². The summed E-state index contributed by atoms with van der Waals surface area (Å²) in [5, 5.41) is 9.06. The van der Waals surface area contributed by atoms with Crippen molar-refractivity contribution in [3.63, 3.8) is 0 Å². The van der Waals surface area contributed by atoms with E-state index in [2.05, 4.69) is 15.6 Å². The number of nitrogens with zero attached hydrogens (tertiary/aromatic N) is 2. The van der Waals surface area contributed by atoms with E-state index in [-0.39, 0.29) is 11.8 Å². The molecule has 4 rings (SSSR count). The zero-order valence-corrected chi connectivity index (χ0v) is 18.1. The van der Waals surface area contributed by atoms with E-state index in [1.54, 1.807) is 46.9 Å². The number of halogens is 2. The minimum atomic E-state index is -0.513. The molecule has 1 fully saturated rings. The summed E-state index contributed by atoms with van der Waals surface area (Å²) in [5.41, 5.74) is 1.02. The Bertz CT molecular complexity index is 1050. The Morgan fingerprint density at radius 1 is 1.27 bits per heavy atom. The number of nitrogens with one attached hydrogen (secondary N) is 2. The number of aromatic nitrogens is 1. The maximum atomic E-state index is 13.0. The van der Waals surface area contributed by atoms with Gasteiger partial charge in [-0.2, -0.15) is 0 Å². The molecule has 3 heterocycles. The summed E-state index contributed by atoms with van der Waals surface area (Å²) in [7, 11) is 0. The summed E-state index contributed by atoms with van der Waals surface area (Å²) < 4.78 is 5.23. The summed E-state index contributed by atoms with van der Waals surface area (Å²) in [5.74, 6) is 0.211. The third-order valence-corrected chi connectivity index (χ3v) is 6.22. The highest BCUT2D eigenvalue weighted by Gasteiger charge is 2.35. The molecule has 0 spiro atoms. The number of likely N-dealkylation sites (tertiary alicyclic amines) is 1. The van der Waals surface area contributed by atoms with Crippen LogP contribution in [-0.2, 0) is 11.3 Å². The molecule has 0 saturated carbocycles. The number of hydrogen-bond acceptors (Lipinski definition) is 6. The Labute approximate surface area is 187 Å². The smallest absolute Gasteiger partial charge is 0.274 e. The summed E-state index contributed by atoms with van der Waals surface area (Å²) >= 11 is 13.3. The van der Waals surface area contributed by atoms with Crippen molar-refractivity contribution in [2.24, 2.45) is 0 Å². The molecular formula is C20H18Cl2N4O3S. The van der Waals surface area contributed by atoms with Crippen LogP contribution in [0.5, 0.6) is 0 Å². The van der Waals surface area contributed by atoms with Crippen LogP contribution in [0.4, 0.5) is 10.8 Å². The molecule has 1 aliphatic heterocycles. The van der Waals surface area contributed by atoms with E-state index in [9.17, 15) is 9.59 Å². The zero-order valence-electron chi connectivity index (χ0n) is 15.7. The minimum Gasteiger partial charge on any atom is -0.467 e. The highest BCUT2D eigenvalue weighted by atomic mass is 35.5. The Kier molecular flexibility index (Phi) is 6.26. The Balaban J connectivity index is 1.40. The first-order chi connectivity index (χ1) is 14.5. The average Bonchev–Trinajstić information content (AvgIpc) is 3.50. The topological polar surface area (TPSA) is 87.5 Å². The maximum absolute atomic E-state index is 13.0. The monoisotopic (exact) mass is 464 g/mol. The van der Waals surface area contributed by atoms with E-state index in [0.717, 1.165) is 6.42 Å². The van der Waals surface area contributed by atoms with Gasteiger partial charge in [-0.15, -0.1) is 11.3 Å². The average molecular weight is 465 g/mol. The van der Waals surface area contributed by atoms with Gasteiger partial charge in [-0.3, -0.25) is 9.59 Å². The molecule has 1 unspecified atom stereocenters. The fraction of sp³-hybridized carbons (Fsp3) is 0.250. The predicted octanol–water partition coefficient (Wildman–Crippen LogP) is 4.71. The van der Waals surface area contributed by atoms with Crippen molar-refractivity contribution < 1.29 is 14.0 Å². The first kappa shape index (κ1) is 20.7. The molecule has 2 N–H and O–H groups in total. The molecule has 2 aromatic heterocycles. The molecule has 7 nitrogen and oxygen atoms in total. The van der Waals surface area contributed by atoms with Gasteiger partial charge in [0, 0.05) is 17.6 Å². The van der Waals surface area contributed by atoms with E-state index >= 15 is 0 Å². The number of benzene rings is 1. The summed E-state index contributed by atoms with van der Waals surface area (Å²) in [6.07, 6.45) is 2.94. The second kappa shape index (κ2) is 9.07. The van der Waals surface area contributed by atoms with Crippen LogP contribution in [0.25, 0.3) is 0 Å². The second-order valence-corrected chi connectivity index (χ2v) is 8.42. The van der Waals surface area contributed by atoms with Gasteiger partial charge in [-0.25, -0.2) is 4.98 Å². The molecule has 1 atom stereocenters. The van der Waals surface area contributed by atoms with E-state index in [4.69, 9.17) is 27.6 Å². The first-order valence-electron chi connectivity index (χ1n) is 9.30. The molecule has 1 aliphatic rings. The van der Waals surface area contributed by atoms with Gasteiger partial charge in [0.15, 0.2) is 5.13 Å². The van der Waals surface area contributed by atoms with Gasteiger partial charge in [0.05, 0.1) is 22.9 Å². The number of rotatable bonds is 6. The maximum Gasteiger partial charge on any atom is 0.274 e. The lowest BCUT2D eigenvalue weighted by Crippen LogP contribution is -2.45. The fourth-order valence-corrected chi connectivity index (χ4v) is 4.26. The summed E-state index contributed by atoms with van der Waals surface area (Å²) in [4.78, 5) is 31.5. The van der Waals surface area contributed by atoms with E-state index < -0.39 is 6.04 Å². The van der Waals surface area contributed by atoms with Crippen LogP contribution in [0, 0.1) is 0 Å². The van der Waals surface area contributed by atoms with Gasteiger partial charge in [-0.05, 0) is 43.2 Å². The van der Waals surface area contributed by atoms with Crippen LogP contribution < -0.4 is 10.6 Å². The molecule has 0 radical (unpaired) electrons. The highest BCUT2D eigenvalue weighted by Crippen LogP contribution is 2.29. The van der Waals surface area contributed by atoms with Gasteiger partial charge in [-0.1, -0.05) is 23.2 Å². The van der Waals surface area contributed by atoms with Crippen LogP contribution in [0.15, 0.2) is 46.4 Å². The number of carbonyl (C=O) groups is 2. The third-order valence-electron chi connectivity index (χ3n) is 4.73. The SMILES string of the molecule is O=C(NCc1ccco1)C1CCCN1C(=O)c1csc(Nc2ccc(Cl)c(Cl)c2)n1. The number of thiazole rings is 1. The third kappa shape index (κ3) is 4.61. The number of hydrogen-bond donors (Lipinski definition) is 2. The van der Waals surface area contributed by atoms with Crippen molar-refractivity contribution in [1.29, 1.82) is 0 Å². The summed E-state index contributed by atoms with van der Waals surface area (Å²) in [6, 6.07) is 8.18. The van der Waals surface area contributed by atoms with Crippen LogP contribution in [0.3, 0.4) is 0 Å². The Hall–Kier alpha value is -2.55. The fourth-order valence-electron chi connectivity index (χ4n) is 3.26.